The highest BCUT2D eigenvalue weighted by molar-refractivity contribution is 7.47. The van der Waals surface area contributed by atoms with Crippen LogP contribution in [0.15, 0.2) is 24.3 Å². The number of rotatable bonds is 44. The highest BCUT2D eigenvalue weighted by Crippen LogP contribution is 2.42. The topological polar surface area (TPSA) is 108 Å². The van der Waals surface area contributed by atoms with Crippen LogP contribution in [-0.2, 0) is 32.7 Å². The predicted molar refractivity (Wildman–Crippen MR) is 235 cm³/mol. The van der Waals surface area contributed by atoms with E-state index in [-0.39, 0.29) is 19.0 Å². The maximum Gasteiger partial charge on any atom is 0.472 e. The van der Waals surface area contributed by atoms with Gasteiger partial charge in [-0.05, 0) is 44.9 Å². The molecule has 9 heteroatoms. The number of carbonyl (C=O) groups is 2. The lowest BCUT2D eigenvalue weighted by atomic mass is 10.0. The highest BCUT2D eigenvalue weighted by atomic mass is 31.2. The van der Waals surface area contributed by atoms with E-state index < -0.39 is 26.5 Å². The van der Waals surface area contributed by atoms with Crippen LogP contribution in [0.2, 0.25) is 0 Å². The van der Waals surface area contributed by atoms with Gasteiger partial charge in [0, 0.05) is 20.0 Å². The van der Waals surface area contributed by atoms with E-state index in [1.54, 1.807) is 0 Å². The smallest absolute Gasteiger partial charge is 0.462 e. The summed E-state index contributed by atoms with van der Waals surface area (Å²) in [5, 5.41) is 0. The highest BCUT2D eigenvalue weighted by Gasteiger charge is 2.24. The van der Waals surface area contributed by atoms with Gasteiger partial charge in [0.15, 0.2) is 6.10 Å². The Hall–Kier alpha value is -1.47. The molecule has 0 amide bonds. The predicted octanol–water partition coefficient (Wildman–Crippen LogP) is 15.0. The molecule has 2 atom stereocenters. The van der Waals surface area contributed by atoms with Crippen molar-refractivity contribution in [1.29, 1.82) is 0 Å². The minimum atomic E-state index is -4.26. The number of unbranched alkanes of at least 4 members (excludes halogenated alkanes) is 29. The van der Waals surface area contributed by atoms with Gasteiger partial charge in [0.1, 0.15) is 6.61 Å². The molecule has 0 saturated carbocycles. The molecular weight excluding hydrogens is 723 g/mol. The van der Waals surface area contributed by atoms with Gasteiger partial charge in [0.2, 0.25) is 0 Å². The van der Waals surface area contributed by atoms with Crippen molar-refractivity contribution in [2.45, 2.75) is 245 Å². The van der Waals surface area contributed by atoms with E-state index in [1.807, 2.05) is 0 Å². The SMILES string of the molecule is CCCCCC/C=C\C/C=C\CCCCCCCC(=O)OC(COC(=O)CCCCCCCCCCCCCCCCCCCCCCC)COP(=O)(O)OC. The number of esters is 2. The molecule has 0 aromatic heterocycles. The zero-order valence-electron chi connectivity index (χ0n) is 36.8. The summed E-state index contributed by atoms with van der Waals surface area (Å²) in [6.07, 6.45) is 49.5. The number of ether oxygens (including phenoxy) is 2. The summed E-state index contributed by atoms with van der Waals surface area (Å²) in [7, 11) is -3.20. The van der Waals surface area contributed by atoms with Crippen molar-refractivity contribution in [3.8, 4) is 0 Å². The van der Waals surface area contributed by atoms with Crippen molar-refractivity contribution in [3.05, 3.63) is 24.3 Å². The van der Waals surface area contributed by atoms with Crippen LogP contribution >= 0.6 is 7.82 Å². The van der Waals surface area contributed by atoms with E-state index in [0.29, 0.717) is 12.8 Å². The molecule has 56 heavy (non-hydrogen) atoms. The van der Waals surface area contributed by atoms with E-state index in [4.69, 9.17) is 14.0 Å². The van der Waals surface area contributed by atoms with Gasteiger partial charge in [0.25, 0.3) is 0 Å². The van der Waals surface area contributed by atoms with Gasteiger partial charge in [0.05, 0.1) is 6.61 Å². The molecule has 0 rings (SSSR count). The Balaban J connectivity index is 3.91. The van der Waals surface area contributed by atoms with Crippen LogP contribution in [0, 0.1) is 0 Å². The molecule has 0 aliphatic carbocycles. The number of hydrogen-bond acceptors (Lipinski definition) is 7. The second-order valence-electron chi connectivity index (χ2n) is 15.9. The quantitative estimate of drug-likeness (QED) is 0.0280. The lowest BCUT2D eigenvalue weighted by molar-refractivity contribution is -0.161. The zero-order chi connectivity index (χ0) is 41.1. The number of phosphoric ester groups is 1. The van der Waals surface area contributed by atoms with Crippen molar-refractivity contribution in [2.24, 2.45) is 0 Å². The van der Waals surface area contributed by atoms with Gasteiger partial charge < -0.3 is 14.4 Å². The molecule has 1 N–H and O–H groups in total. The Labute approximate surface area is 345 Å². The van der Waals surface area contributed by atoms with Crippen molar-refractivity contribution in [3.63, 3.8) is 0 Å². The first kappa shape index (κ1) is 54.5. The molecule has 0 bridgehead atoms. The van der Waals surface area contributed by atoms with Crippen LogP contribution in [-0.4, -0.2) is 43.3 Å². The molecule has 0 saturated heterocycles. The Morgan fingerprint density at radius 3 is 1.27 bits per heavy atom. The molecule has 0 aromatic rings. The Morgan fingerprint density at radius 1 is 0.500 bits per heavy atom. The van der Waals surface area contributed by atoms with Crippen LogP contribution in [0.25, 0.3) is 0 Å². The first-order chi connectivity index (χ1) is 27.3. The molecule has 0 aromatic carbocycles. The Kier molecular flexibility index (Phi) is 42.0. The molecule has 330 valence electrons. The minimum Gasteiger partial charge on any atom is -0.462 e. The molecule has 0 heterocycles. The Bertz CT molecular complexity index is 968. The largest absolute Gasteiger partial charge is 0.472 e. The summed E-state index contributed by atoms with van der Waals surface area (Å²) in [6.45, 7) is 3.89. The number of phosphoric acid groups is 1. The number of hydrogen-bond donors (Lipinski definition) is 1. The van der Waals surface area contributed by atoms with Crippen molar-refractivity contribution < 1.29 is 37.6 Å². The fourth-order valence-electron chi connectivity index (χ4n) is 6.81. The fourth-order valence-corrected chi connectivity index (χ4v) is 7.27. The van der Waals surface area contributed by atoms with Crippen LogP contribution in [0.4, 0.5) is 0 Å². The minimum absolute atomic E-state index is 0.226. The molecule has 8 nitrogen and oxygen atoms in total. The molecular formula is C47H89O8P. The fraction of sp³-hybridized carbons (Fsp3) is 0.872. The molecule has 0 aliphatic heterocycles. The Morgan fingerprint density at radius 2 is 0.857 bits per heavy atom. The van der Waals surface area contributed by atoms with E-state index in [2.05, 4.69) is 42.7 Å². The zero-order valence-corrected chi connectivity index (χ0v) is 37.7. The van der Waals surface area contributed by atoms with Crippen LogP contribution < -0.4 is 0 Å². The summed E-state index contributed by atoms with van der Waals surface area (Å²) >= 11 is 0. The molecule has 0 spiro atoms. The normalized spacial score (nSPS) is 13.4. The van der Waals surface area contributed by atoms with Gasteiger partial charge in [-0.3, -0.25) is 18.6 Å². The van der Waals surface area contributed by atoms with E-state index in [9.17, 15) is 19.0 Å². The van der Waals surface area contributed by atoms with Gasteiger partial charge >= 0.3 is 19.8 Å². The molecule has 2 unspecified atom stereocenters. The number of allylic oxidation sites excluding steroid dienone is 4. The van der Waals surface area contributed by atoms with Crippen molar-refractivity contribution >= 4 is 19.8 Å². The third-order valence-electron chi connectivity index (χ3n) is 10.4. The van der Waals surface area contributed by atoms with E-state index in [0.717, 1.165) is 64.9 Å². The maximum absolute atomic E-state index is 12.5. The number of carbonyl (C=O) groups excluding carboxylic acids is 2. The summed E-state index contributed by atoms with van der Waals surface area (Å²) < 4.78 is 32.0. The average molecular weight is 813 g/mol. The van der Waals surface area contributed by atoms with Gasteiger partial charge in [-0.1, -0.05) is 205 Å². The van der Waals surface area contributed by atoms with Crippen LogP contribution in [0.3, 0.4) is 0 Å². The van der Waals surface area contributed by atoms with Gasteiger partial charge in [-0.15, -0.1) is 0 Å². The third kappa shape index (κ3) is 42.1. The lowest BCUT2D eigenvalue weighted by Gasteiger charge is -2.19. The summed E-state index contributed by atoms with van der Waals surface area (Å²) in [5.74, 6) is -0.808. The average Bonchev–Trinajstić information content (AvgIpc) is 3.19. The maximum atomic E-state index is 12.5. The van der Waals surface area contributed by atoms with Gasteiger partial charge in [-0.2, -0.15) is 0 Å². The van der Waals surface area contributed by atoms with Gasteiger partial charge in [-0.25, -0.2) is 4.57 Å². The molecule has 0 radical (unpaired) electrons. The van der Waals surface area contributed by atoms with Crippen molar-refractivity contribution in [2.75, 3.05) is 20.3 Å². The molecule has 0 aliphatic rings. The second-order valence-corrected chi connectivity index (χ2v) is 17.5. The first-order valence-electron chi connectivity index (χ1n) is 23.5. The molecule has 0 fully saturated rings. The van der Waals surface area contributed by atoms with E-state index in [1.165, 1.54) is 148 Å². The lowest BCUT2D eigenvalue weighted by Crippen LogP contribution is -2.29. The monoisotopic (exact) mass is 813 g/mol. The third-order valence-corrected chi connectivity index (χ3v) is 11.4. The van der Waals surface area contributed by atoms with Crippen LogP contribution in [0.1, 0.15) is 239 Å². The van der Waals surface area contributed by atoms with Crippen LogP contribution in [0.5, 0.6) is 0 Å². The van der Waals surface area contributed by atoms with E-state index >= 15 is 0 Å². The summed E-state index contributed by atoms with van der Waals surface area (Å²) in [6, 6.07) is 0. The second kappa shape index (κ2) is 43.1. The first-order valence-corrected chi connectivity index (χ1v) is 25.0. The summed E-state index contributed by atoms with van der Waals surface area (Å²) in [5.41, 5.74) is 0. The van der Waals surface area contributed by atoms with Crippen molar-refractivity contribution in [1.82, 2.24) is 0 Å². The standard InChI is InChI=1S/C47H89O8P/c1-4-6-8-10-12-14-16-18-20-22-23-24-25-26-28-29-31-33-35-37-39-41-46(48)53-43-45(44-54-56(50,51)52-3)55-47(49)42-40-38-36-34-32-30-27-21-19-17-15-13-11-9-7-5-2/h15,17,21,27,45H,4-14,16,18-20,22-26,28-44H2,1-3H3,(H,50,51)/b17-15-,27-21-. The summed E-state index contributed by atoms with van der Waals surface area (Å²) in [4.78, 5) is 34.5.